The Kier molecular flexibility index (Phi) is 7.72. The minimum atomic E-state index is -0.502. The zero-order chi connectivity index (χ0) is 15.8. The van der Waals surface area contributed by atoms with Gasteiger partial charge in [-0.3, -0.25) is 9.59 Å². The topological polar surface area (TPSA) is 67.4 Å². The first kappa shape index (κ1) is 18.0. The van der Waals surface area contributed by atoms with E-state index in [1.165, 1.54) is 6.42 Å². The molecule has 5 nitrogen and oxygen atoms in total. The Bertz CT molecular complexity index is 344. The van der Waals surface area contributed by atoms with Crippen LogP contribution in [0.5, 0.6) is 0 Å². The molecule has 2 N–H and O–H groups in total. The Balaban J connectivity index is 2.23. The first-order valence-electron chi connectivity index (χ1n) is 8.08. The van der Waals surface area contributed by atoms with E-state index in [0.29, 0.717) is 18.4 Å². The van der Waals surface area contributed by atoms with E-state index in [4.69, 9.17) is 4.74 Å². The fraction of sp³-hybridized carbons (Fsp3) is 0.875. The average molecular weight is 298 g/mol. The summed E-state index contributed by atoms with van der Waals surface area (Å²) in [5, 5.41) is 5.40. The van der Waals surface area contributed by atoms with Gasteiger partial charge in [0.2, 0.25) is 11.8 Å². The van der Waals surface area contributed by atoms with Crippen molar-refractivity contribution in [3.05, 3.63) is 0 Å². The van der Waals surface area contributed by atoms with E-state index in [1.807, 2.05) is 13.8 Å². The predicted octanol–water partition coefficient (Wildman–Crippen LogP) is 1.86. The maximum atomic E-state index is 11.9. The van der Waals surface area contributed by atoms with Gasteiger partial charge in [0.05, 0.1) is 12.6 Å². The number of carbonyl (C=O) groups is 2. The maximum Gasteiger partial charge on any atom is 0.249 e. The average Bonchev–Trinajstić information content (AvgIpc) is 2.42. The molecule has 0 aromatic rings. The summed E-state index contributed by atoms with van der Waals surface area (Å²) in [6.07, 6.45) is 4.12. The summed E-state index contributed by atoms with van der Waals surface area (Å²) in [6.45, 7) is 8.67. The van der Waals surface area contributed by atoms with Crippen LogP contribution < -0.4 is 10.6 Å². The van der Waals surface area contributed by atoms with Crippen molar-refractivity contribution in [2.75, 3.05) is 13.1 Å². The van der Waals surface area contributed by atoms with E-state index < -0.39 is 6.10 Å². The van der Waals surface area contributed by atoms with Crippen molar-refractivity contribution < 1.29 is 14.3 Å². The summed E-state index contributed by atoms with van der Waals surface area (Å²) in [6, 6.07) is 0. The van der Waals surface area contributed by atoms with Crippen molar-refractivity contribution in [2.24, 2.45) is 11.8 Å². The molecule has 122 valence electrons. The van der Waals surface area contributed by atoms with Gasteiger partial charge >= 0.3 is 0 Å². The number of amides is 2. The van der Waals surface area contributed by atoms with Crippen LogP contribution in [0.2, 0.25) is 0 Å². The zero-order valence-electron chi connectivity index (χ0n) is 13.8. The third-order valence-electron chi connectivity index (χ3n) is 3.78. The summed E-state index contributed by atoms with van der Waals surface area (Å²) in [5.41, 5.74) is 0. The van der Waals surface area contributed by atoms with Gasteiger partial charge in [0.15, 0.2) is 0 Å². The highest BCUT2D eigenvalue weighted by Crippen LogP contribution is 2.26. The molecule has 0 heterocycles. The summed E-state index contributed by atoms with van der Waals surface area (Å²) in [7, 11) is 0. The second-order valence-corrected chi connectivity index (χ2v) is 6.59. The molecule has 1 aliphatic rings. The molecule has 0 spiro atoms. The minimum Gasteiger partial charge on any atom is -0.365 e. The molecule has 5 heteroatoms. The van der Waals surface area contributed by atoms with Crippen molar-refractivity contribution in [1.82, 2.24) is 10.6 Å². The maximum absolute atomic E-state index is 11.9. The minimum absolute atomic E-state index is 0.0142. The molecule has 0 aliphatic heterocycles. The monoisotopic (exact) mass is 298 g/mol. The molecule has 0 saturated heterocycles. The molecule has 0 unspecified atom stereocenters. The first-order chi connectivity index (χ1) is 9.88. The quantitative estimate of drug-likeness (QED) is 0.754. The Morgan fingerprint density at radius 3 is 2.52 bits per heavy atom. The van der Waals surface area contributed by atoms with Gasteiger partial charge in [-0.05, 0) is 31.6 Å². The highest BCUT2D eigenvalue weighted by atomic mass is 16.5. The highest BCUT2D eigenvalue weighted by molar-refractivity contribution is 5.86. The van der Waals surface area contributed by atoms with Crippen LogP contribution in [0.4, 0.5) is 0 Å². The van der Waals surface area contributed by atoms with Crippen molar-refractivity contribution in [1.29, 1.82) is 0 Å². The van der Waals surface area contributed by atoms with Crippen LogP contribution in [0.15, 0.2) is 0 Å². The number of carbonyl (C=O) groups excluding carboxylic acids is 2. The van der Waals surface area contributed by atoms with Crippen LogP contribution in [0.1, 0.15) is 53.4 Å². The fourth-order valence-corrected chi connectivity index (χ4v) is 2.54. The molecule has 0 aromatic heterocycles. The molecule has 1 fully saturated rings. The fourth-order valence-electron chi connectivity index (χ4n) is 2.54. The van der Waals surface area contributed by atoms with Crippen molar-refractivity contribution in [2.45, 2.75) is 65.6 Å². The van der Waals surface area contributed by atoms with E-state index in [1.54, 1.807) is 6.92 Å². The van der Waals surface area contributed by atoms with Gasteiger partial charge in [0, 0.05) is 6.54 Å². The molecule has 1 rings (SSSR count). The van der Waals surface area contributed by atoms with E-state index in [0.717, 1.165) is 19.3 Å². The van der Waals surface area contributed by atoms with Gasteiger partial charge in [0.1, 0.15) is 6.10 Å². The van der Waals surface area contributed by atoms with Crippen LogP contribution in [-0.2, 0) is 14.3 Å². The molecule has 0 radical (unpaired) electrons. The molecule has 0 aromatic carbocycles. The Morgan fingerprint density at radius 2 is 1.90 bits per heavy atom. The lowest BCUT2D eigenvalue weighted by atomic mass is 9.88. The lowest BCUT2D eigenvalue weighted by Crippen LogP contribution is -2.43. The number of nitrogens with one attached hydrogen (secondary N) is 2. The van der Waals surface area contributed by atoms with Crippen LogP contribution in [-0.4, -0.2) is 37.1 Å². The Labute approximate surface area is 128 Å². The Morgan fingerprint density at radius 1 is 1.19 bits per heavy atom. The third kappa shape index (κ3) is 7.46. The third-order valence-corrected chi connectivity index (χ3v) is 3.78. The standard InChI is InChI=1S/C16H30N2O3/c1-11(2)9-17-15(19)10-18-16(20)13(4)21-14-7-5-6-12(3)8-14/h11-14H,5-10H2,1-4H3,(H,17,19)(H,18,20)/t12-,13-,14+/m0/s1. The number of hydrogen-bond acceptors (Lipinski definition) is 3. The van der Waals surface area contributed by atoms with Gasteiger partial charge in [-0.2, -0.15) is 0 Å². The van der Waals surface area contributed by atoms with Crippen molar-refractivity contribution in [3.8, 4) is 0 Å². The van der Waals surface area contributed by atoms with Crippen LogP contribution in [0, 0.1) is 11.8 Å². The van der Waals surface area contributed by atoms with E-state index in [-0.39, 0.29) is 24.5 Å². The second-order valence-electron chi connectivity index (χ2n) is 6.59. The van der Waals surface area contributed by atoms with Gasteiger partial charge in [0.25, 0.3) is 0 Å². The van der Waals surface area contributed by atoms with Crippen LogP contribution >= 0.6 is 0 Å². The van der Waals surface area contributed by atoms with Crippen LogP contribution in [0.25, 0.3) is 0 Å². The number of ether oxygens (including phenoxy) is 1. The summed E-state index contributed by atoms with van der Waals surface area (Å²) >= 11 is 0. The van der Waals surface area contributed by atoms with Crippen LogP contribution in [0.3, 0.4) is 0 Å². The Hall–Kier alpha value is -1.10. The predicted molar refractivity (Wildman–Crippen MR) is 82.8 cm³/mol. The molecular weight excluding hydrogens is 268 g/mol. The summed E-state index contributed by atoms with van der Waals surface area (Å²) < 4.78 is 5.81. The summed E-state index contributed by atoms with van der Waals surface area (Å²) in [5.74, 6) is 0.699. The van der Waals surface area contributed by atoms with E-state index in [2.05, 4.69) is 17.6 Å². The van der Waals surface area contributed by atoms with Gasteiger partial charge in [-0.15, -0.1) is 0 Å². The molecule has 3 atom stereocenters. The van der Waals surface area contributed by atoms with E-state index >= 15 is 0 Å². The second kappa shape index (κ2) is 9.03. The van der Waals surface area contributed by atoms with Gasteiger partial charge in [-0.25, -0.2) is 0 Å². The first-order valence-corrected chi connectivity index (χ1v) is 8.08. The SMILES string of the molecule is CC(C)CNC(=O)CNC(=O)[C@H](C)O[C@@H]1CCC[C@H](C)C1. The lowest BCUT2D eigenvalue weighted by molar-refractivity contribution is -0.138. The van der Waals surface area contributed by atoms with Gasteiger partial charge in [-0.1, -0.05) is 33.6 Å². The summed E-state index contributed by atoms with van der Waals surface area (Å²) in [4.78, 5) is 23.5. The normalized spacial score (nSPS) is 23.7. The van der Waals surface area contributed by atoms with Gasteiger partial charge < -0.3 is 15.4 Å². The molecule has 1 aliphatic carbocycles. The molecule has 0 bridgehead atoms. The highest BCUT2D eigenvalue weighted by Gasteiger charge is 2.24. The van der Waals surface area contributed by atoms with Crippen molar-refractivity contribution in [3.63, 3.8) is 0 Å². The van der Waals surface area contributed by atoms with Crippen molar-refractivity contribution >= 4 is 11.8 Å². The number of rotatable bonds is 7. The molecular formula is C16H30N2O3. The van der Waals surface area contributed by atoms with E-state index in [9.17, 15) is 9.59 Å². The molecule has 21 heavy (non-hydrogen) atoms. The number of hydrogen-bond donors (Lipinski definition) is 2. The molecule has 2 amide bonds. The smallest absolute Gasteiger partial charge is 0.249 e. The lowest BCUT2D eigenvalue weighted by Gasteiger charge is -2.28. The zero-order valence-corrected chi connectivity index (χ0v) is 13.8. The largest absolute Gasteiger partial charge is 0.365 e. The molecule has 1 saturated carbocycles.